The molecule has 0 radical (unpaired) electrons. The molecule has 3 aliphatic carbocycles. The molecule has 1 fully saturated rings. The van der Waals surface area contributed by atoms with E-state index in [0.29, 0.717) is 22.4 Å². The number of hydrogen-bond acceptors (Lipinski definition) is 10. The van der Waals surface area contributed by atoms with Crippen LogP contribution < -0.4 is 15.8 Å². The first-order valence-electron chi connectivity index (χ1n) is 14.2. The number of ketones is 2. The maximum atomic E-state index is 14.0. The van der Waals surface area contributed by atoms with Crippen molar-refractivity contribution in [2.24, 2.45) is 11.7 Å². The molecule has 1 unspecified atom stereocenters. The van der Waals surface area contributed by atoms with Gasteiger partial charge in [0.05, 0.1) is 36.0 Å². The van der Waals surface area contributed by atoms with E-state index < -0.39 is 88.3 Å². The fourth-order valence-electron chi connectivity index (χ4n) is 6.74. The van der Waals surface area contributed by atoms with Crippen molar-refractivity contribution >= 4 is 23.2 Å². The number of Topliss-reactive ketones (excluding diaryl/α,β-unsaturated/α-hetero) is 2. The van der Waals surface area contributed by atoms with Crippen LogP contribution in [0.5, 0.6) is 11.5 Å². The van der Waals surface area contributed by atoms with Gasteiger partial charge in [-0.15, -0.1) is 6.42 Å². The molecule has 14 heteroatoms. The van der Waals surface area contributed by atoms with Gasteiger partial charge in [0.25, 0.3) is 11.8 Å². The predicted octanol–water partition coefficient (Wildman–Crippen LogP) is 2.55. The molecular formula is C32H33F2N2O9U-. The summed E-state index contributed by atoms with van der Waals surface area (Å²) < 4.78 is 32.3. The maximum Gasteiger partial charge on any atom is 0.257 e. The van der Waals surface area contributed by atoms with Crippen molar-refractivity contribution in [1.82, 2.24) is 5.32 Å². The van der Waals surface area contributed by atoms with Crippen molar-refractivity contribution in [3.63, 3.8) is 0 Å². The summed E-state index contributed by atoms with van der Waals surface area (Å²) in [6, 6.07) is 7.69. The van der Waals surface area contributed by atoms with Crippen LogP contribution in [0.3, 0.4) is 0 Å². The number of carbonyl (C=O) groups excluding carboxylic acids is 3. The van der Waals surface area contributed by atoms with Crippen molar-refractivity contribution in [3.05, 3.63) is 69.8 Å². The van der Waals surface area contributed by atoms with Crippen molar-refractivity contribution in [2.75, 3.05) is 13.7 Å². The molecule has 244 valence electrons. The predicted molar refractivity (Wildman–Crippen MR) is 156 cm³/mol. The Hall–Kier alpha value is -3.28. The Morgan fingerprint density at radius 3 is 2.41 bits per heavy atom. The van der Waals surface area contributed by atoms with E-state index in [4.69, 9.17) is 10.5 Å². The molecule has 0 saturated heterocycles. The third kappa shape index (κ3) is 5.54. The van der Waals surface area contributed by atoms with Crippen LogP contribution in [-0.2, 0) is 27.3 Å². The topological polar surface area (TPSA) is 200 Å². The third-order valence-electron chi connectivity index (χ3n) is 8.74. The molecule has 3 aliphatic rings. The molecule has 0 aliphatic heterocycles. The van der Waals surface area contributed by atoms with Gasteiger partial charge in [-0.05, 0) is 34.9 Å². The van der Waals surface area contributed by atoms with E-state index in [1.54, 1.807) is 25.1 Å². The van der Waals surface area contributed by atoms with Crippen LogP contribution in [0, 0.1) is 42.9 Å². The number of nitrogens with one attached hydrogen (secondary N) is 1. The molecule has 3 atom stereocenters. The second-order valence-corrected chi connectivity index (χ2v) is 11.8. The van der Waals surface area contributed by atoms with Crippen molar-refractivity contribution in [3.8, 4) is 22.6 Å². The standard InChI is InChI=1S/C32H33F2N2O9.U/c1-4-15-19-11-31(43)10-18-16(17-9-14(5-8-21(17)45-3)12-36-13-30(2,33)34)6-7-20(37)22(18)26(39)24(31)28(41)32(19,44)27(40)23(25(15)38)29(35)42;/h5-9,15,36-37,39-40,43-44H,4,10-13H2,1-3H3,(H2,35,42);/q-1;/t15?,31-,32-;/m1./s1. The molecule has 5 rings (SSSR count). The number of nitrogens with two attached hydrogens (primary N) is 1. The second-order valence-electron chi connectivity index (χ2n) is 11.8. The van der Waals surface area contributed by atoms with Crippen molar-refractivity contribution in [1.29, 1.82) is 0 Å². The zero-order chi connectivity index (χ0) is 33.2. The van der Waals surface area contributed by atoms with Crippen LogP contribution in [-0.4, -0.2) is 73.8 Å². The number of aliphatic hydroxyl groups excluding tert-OH is 2. The number of amides is 1. The quantitative estimate of drug-likeness (QED) is 0.153. The summed E-state index contributed by atoms with van der Waals surface area (Å²) >= 11 is 0. The van der Waals surface area contributed by atoms with Gasteiger partial charge in [0.1, 0.15) is 34.4 Å². The molecule has 8 N–H and O–H groups in total. The van der Waals surface area contributed by atoms with Gasteiger partial charge in [0.15, 0.2) is 5.78 Å². The summed E-state index contributed by atoms with van der Waals surface area (Å²) in [5.74, 6) is -10.4. The first-order chi connectivity index (χ1) is 21.0. The number of alkyl halides is 2. The molecule has 46 heavy (non-hydrogen) atoms. The number of phenols is 1. The number of carbonyl (C=O) groups is 3. The summed E-state index contributed by atoms with van der Waals surface area (Å²) in [5.41, 5.74) is -0.191. The fourth-order valence-corrected chi connectivity index (χ4v) is 6.74. The number of primary amides is 1. The van der Waals surface area contributed by atoms with E-state index in [2.05, 4.69) is 5.32 Å². The number of rotatable bonds is 8. The summed E-state index contributed by atoms with van der Waals surface area (Å²) in [7, 11) is 1.41. The van der Waals surface area contributed by atoms with Crippen LogP contribution in [0.25, 0.3) is 16.9 Å². The molecular weight excluding hydrogens is 832 g/mol. The number of phenolic OH excluding ortho intramolecular Hbond substituents is 1. The van der Waals surface area contributed by atoms with Crippen LogP contribution in [0.15, 0.2) is 47.2 Å². The zero-order valence-corrected chi connectivity index (χ0v) is 29.4. The Morgan fingerprint density at radius 2 is 1.83 bits per heavy atom. The first kappa shape index (κ1) is 35.6. The fraction of sp³-hybridized carbons (Fsp3) is 0.375. The summed E-state index contributed by atoms with van der Waals surface area (Å²) in [6.45, 7) is 1.85. The zero-order valence-electron chi connectivity index (χ0n) is 25.2. The minimum Gasteiger partial charge on any atom is -0.511 e. The van der Waals surface area contributed by atoms with E-state index in [-0.39, 0.29) is 61.1 Å². The van der Waals surface area contributed by atoms with Gasteiger partial charge in [-0.1, -0.05) is 31.4 Å². The largest absolute Gasteiger partial charge is 0.511 e. The Kier molecular flexibility index (Phi) is 9.58. The number of methoxy groups -OCH3 is 1. The summed E-state index contributed by atoms with van der Waals surface area (Å²) in [4.78, 5) is 39.2. The van der Waals surface area contributed by atoms with Crippen molar-refractivity contribution < 1.29 is 84.5 Å². The Morgan fingerprint density at radius 1 is 1.15 bits per heavy atom. The Bertz CT molecular complexity index is 1700. The smallest absolute Gasteiger partial charge is 0.257 e. The van der Waals surface area contributed by atoms with E-state index in [9.17, 15) is 48.7 Å². The molecule has 0 heterocycles. The molecule has 11 nitrogen and oxygen atoms in total. The molecule has 0 spiro atoms. The van der Waals surface area contributed by atoms with Gasteiger partial charge < -0.3 is 41.3 Å². The Labute approximate surface area is 286 Å². The van der Waals surface area contributed by atoms with E-state index in [1.807, 2.05) is 0 Å². The average Bonchev–Trinajstić information content (AvgIpc) is 2.94. The average molecular weight is 866 g/mol. The van der Waals surface area contributed by atoms with Crippen molar-refractivity contribution in [2.45, 2.75) is 56.8 Å². The number of benzene rings is 2. The molecule has 2 aromatic rings. The van der Waals surface area contributed by atoms with Gasteiger partial charge in [-0.25, -0.2) is 8.78 Å². The summed E-state index contributed by atoms with van der Waals surface area (Å²) in [5, 5.41) is 59.7. The SMILES string of the molecule is CCC1C(=O)C(C(N)=O)=C(O)[C@@]2(O)C(=O)C3=C(O)c4c(O)ccc(-c5cc(CNCC(C)(F)F)ccc5OC)c4C[C@@]3(O)C[C-]12.[U]. The number of halogens is 2. The molecule has 0 aromatic heterocycles. The van der Waals surface area contributed by atoms with Gasteiger partial charge in [-0.2, -0.15) is 0 Å². The van der Waals surface area contributed by atoms with Crippen LogP contribution in [0.1, 0.15) is 43.4 Å². The molecule has 1 saturated carbocycles. The maximum absolute atomic E-state index is 14.0. The van der Waals surface area contributed by atoms with Gasteiger partial charge in [-0.3, -0.25) is 20.3 Å². The van der Waals surface area contributed by atoms with E-state index >= 15 is 0 Å². The van der Waals surface area contributed by atoms with Crippen LogP contribution >= 0.6 is 0 Å². The number of aromatic hydroxyl groups is 1. The van der Waals surface area contributed by atoms with E-state index in [1.165, 1.54) is 19.2 Å². The summed E-state index contributed by atoms with van der Waals surface area (Å²) in [6.07, 6.45) is -0.988. The minimum atomic E-state index is -2.95. The van der Waals surface area contributed by atoms with Crippen LogP contribution in [0.2, 0.25) is 0 Å². The van der Waals surface area contributed by atoms with Gasteiger partial charge in [0, 0.05) is 56.6 Å². The number of ether oxygens (including phenoxy) is 1. The number of aliphatic hydroxyl groups is 4. The second kappa shape index (κ2) is 12.4. The van der Waals surface area contributed by atoms with Gasteiger partial charge in [0.2, 0.25) is 0 Å². The normalized spacial score (nSPS) is 24.6. The molecule has 2 aromatic carbocycles. The van der Waals surface area contributed by atoms with Crippen LogP contribution in [0.4, 0.5) is 8.78 Å². The minimum absolute atomic E-state index is 0. The van der Waals surface area contributed by atoms with Gasteiger partial charge >= 0.3 is 0 Å². The monoisotopic (exact) mass is 865 g/mol. The molecule has 0 bridgehead atoms. The molecule has 1 amide bonds. The van der Waals surface area contributed by atoms with E-state index in [0.717, 1.165) is 6.92 Å². The number of fused-ring (bicyclic) bond motifs is 3. The number of hydrogen-bond donors (Lipinski definition) is 7. The third-order valence-corrected chi connectivity index (χ3v) is 8.74. The Balaban J connectivity index is 0.00000480. The first-order valence-corrected chi connectivity index (χ1v) is 14.2.